The number of hydrogen-bond acceptors (Lipinski definition) is 8. The third kappa shape index (κ3) is 4.17. The van der Waals surface area contributed by atoms with Gasteiger partial charge in [-0.3, -0.25) is 4.79 Å². The van der Waals surface area contributed by atoms with Gasteiger partial charge in [0.1, 0.15) is 5.00 Å². The largest absolute Gasteiger partial charge is 0.465 e. The summed E-state index contributed by atoms with van der Waals surface area (Å²) in [7, 11) is 3.25. The van der Waals surface area contributed by atoms with Gasteiger partial charge >= 0.3 is 5.97 Å². The van der Waals surface area contributed by atoms with E-state index in [2.05, 4.69) is 27.8 Å². The molecule has 0 saturated heterocycles. The Morgan fingerprint density at radius 2 is 2.20 bits per heavy atom. The molecule has 3 heterocycles. The molecule has 1 aliphatic carbocycles. The molecule has 0 aromatic carbocycles. The summed E-state index contributed by atoms with van der Waals surface area (Å²) in [6.45, 7) is 2.30. The van der Waals surface area contributed by atoms with Gasteiger partial charge in [-0.25, -0.2) is 4.79 Å². The Hall–Kier alpha value is -2.17. The predicted octanol–water partition coefficient (Wildman–Crippen LogP) is 4.25. The van der Waals surface area contributed by atoms with Gasteiger partial charge in [0.2, 0.25) is 5.91 Å². The summed E-state index contributed by atoms with van der Waals surface area (Å²) < 4.78 is 6.68. The SMILES string of the molecule is COC(=O)c1ccsc1NC(=O)CSc1nnc(-c2csc3c2CCC(C)C3)n1C. The number of fused-ring (bicyclic) bond motifs is 1. The third-order valence-corrected chi connectivity index (χ3v) is 8.03. The molecule has 1 N–H and O–H groups in total. The molecule has 3 aromatic rings. The van der Waals surface area contributed by atoms with E-state index in [0.29, 0.717) is 15.7 Å². The van der Waals surface area contributed by atoms with Gasteiger partial charge in [-0.15, -0.1) is 32.9 Å². The van der Waals surface area contributed by atoms with Crippen LogP contribution in [0.5, 0.6) is 0 Å². The van der Waals surface area contributed by atoms with E-state index < -0.39 is 5.97 Å². The summed E-state index contributed by atoms with van der Waals surface area (Å²) in [6.07, 6.45) is 3.42. The second-order valence-electron chi connectivity index (χ2n) is 7.26. The summed E-state index contributed by atoms with van der Waals surface area (Å²) in [5.41, 5.74) is 2.92. The maximum atomic E-state index is 12.4. The Morgan fingerprint density at radius 3 is 3.00 bits per heavy atom. The lowest BCUT2D eigenvalue weighted by Crippen LogP contribution is -2.16. The van der Waals surface area contributed by atoms with Crippen LogP contribution in [0.25, 0.3) is 11.4 Å². The van der Waals surface area contributed by atoms with Gasteiger partial charge in [0.25, 0.3) is 0 Å². The molecule has 1 amide bonds. The van der Waals surface area contributed by atoms with Crippen LogP contribution in [0.4, 0.5) is 5.00 Å². The molecule has 1 aliphatic rings. The van der Waals surface area contributed by atoms with E-state index in [1.54, 1.807) is 22.8 Å². The fraction of sp³-hybridized carbons (Fsp3) is 0.400. The van der Waals surface area contributed by atoms with E-state index in [1.807, 2.05) is 11.6 Å². The number of carbonyl (C=O) groups excluding carboxylic acids is 2. The van der Waals surface area contributed by atoms with Crippen LogP contribution >= 0.6 is 34.4 Å². The highest BCUT2D eigenvalue weighted by Crippen LogP contribution is 2.38. The number of rotatable bonds is 6. The lowest BCUT2D eigenvalue weighted by Gasteiger charge is -2.18. The zero-order valence-corrected chi connectivity index (χ0v) is 19.4. The Balaban J connectivity index is 1.43. The van der Waals surface area contributed by atoms with Crippen molar-refractivity contribution in [2.75, 3.05) is 18.2 Å². The minimum atomic E-state index is -0.467. The van der Waals surface area contributed by atoms with Crippen LogP contribution in [0, 0.1) is 5.92 Å². The average molecular weight is 463 g/mol. The summed E-state index contributed by atoms with van der Waals surface area (Å²) in [4.78, 5) is 25.6. The number of ether oxygens (including phenoxy) is 1. The third-order valence-electron chi connectivity index (χ3n) is 5.13. The summed E-state index contributed by atoms with van der Waals surface area (Å²) in [6, 6.07) is 1.64. The minimum absolute atomic E-state index is 0.170. The van der Waals surface area contributed by atoms with E-state index in [0.717, 1.165) is 30.1 Å². The normalized spacial score (nSPS) is 15.6. The molecule has 1 atom stereocenters. The molecular formula is C20H22N4O3S3. The van der Waals surface area contributed by atoms with Crippen LogP contribution in [0.15, 0.2) is 22.0 Å². The maximum absolute atomic E-state index is 12.4. The number of esters is 1. The van der Waals surface area contributed by atoms with E-state index in [-0.39, 0.29) is 11.7 Å². The fourth-order valence-corrected chi connectivity index (χ4v) is 6.25. The predicted molar refractivity (Wildman–Crippen MR) is 121 cm³/mol. The van der Waals surface area contributed by atoms with E-state index >= 15 is 0 Å². The first-order valence-corrected chi connectivity index (χ1v) is 12.3. The van der Waals surface area contributed by atoms with Gasteiger partial charge in [0, 0.05) is 22.9 Å². The van der Waals surface area contributed by atoms with Crippen LogP contribution in [0.2, 0.25) is 0 Å². The van der Waals surface area contributed by atoms with Crippen molar-refractivity contribution in [1.82, 2.24) is 14.8 Å². The Labute approximate surface area is 186 Å². The number of thioether (sulfide) groups is 1. The van der Waals surface area contributed by atoms with Crippen molar-refractivity contribution in [3.05, 3.63) is 32.8 Å². The van der Waals surface area contributed by atoms with Crippen LogP contribution in [-0.4, -0.2) is 39.5 Å². The van der Waals surface area contributed by atoms with Crippen LogP contribution in [-0.2, 0) is 29.4 Å². The summed E-state index contributed by atoms with van der Waals surface area (Å²) >= 11 is 4.42. The van der Waals surface area contributed by atoms with Crippen LogP contribution in [0.3, 0.4) is 0 Å². The molecule has 1 unspecified atom stereocenters. The monoisotopic (exact) mass is 462 g/mol. The number of thiophene rings is 2. The van der Waals surface area contributed by atoms with Gasteiger partial charge in [0.05, 0.1) is 18.4 Å². The minimum Gasteiger partial charge on any atom is -0.465 e. The molecule has 3 aromatic heterocycles. The van der Waals surface area contributed by atoms with Crippen LogP contribution in [0.1, 0.15) is 34.1 Å². The quantitative estimate of drug-likeness (QED) is 0.435. The van der Waals surface area contributed by atoms with Crippen molar-refractivity contribution >= 4 is 51.3 Å². The molecule has 0 fully saturated rings. The Morgan fingerprint density at radius 1 is 1.37 bits per heavy atom. The van der Waals surface area contributed by atoms with Gasteiger partial charge in [-0.1, -0.05) is 18.7 Å². The van der Waals surface area contributed by atoms with Crippen molar-refractivity contribution in [2.45, 2.75) is 31.3 Å². The number of methoxy groups -OCH3 is 1. The first kappa shape index (κ1) is 21.1. The smallest absolute Gasteiger partial charge is 0.340 e. The number of carbonyl (C=O) groups is 2. The van der Waals surface area contributed by atoms with Crippen molar-refractivity contribution in [3.8, 4) is 11.4 Å². The van der Waals surface area contributed by atoms with Gasteiger partial charge in [-0.2, -0.15) is 0 Å². The number of amides is 1. The van der Waals surface area contributed by atoms with Crippen LogP contribution < -0.4 is 5.32 Å². The first-order valence-electron chi connectivity index (χ1n) is 9.55. The molecule has 0 saturated carbocycles. The fourth-order valence-electron chi connectivity index (χ4n) is 3.51. The highest BCUT2D eigenvalue weighted by molar-refractivity contribution is 7.99. The highest BCUT2D eigenvalue weighted by atomic mass is 32.2. The molecule has 158 valence electrons. The lowest BCUT2D eigenvalue weighted by atomic mass is 9.88. The Kier molecular flexibility index (Phi) is 6.26. The number of nitrogens with zero attached hydrogens (tertiary/aromatic N) is 3. The van der Waals surface area contributed by atoms with Gasteiger partial charge in [0.15, 0.2) is 11.0 Å². The van der Waals surface area contributed by atoms with Crippen molar-refractivity contribution < 1.29 is 14.3 Å². The summed E-state index contributed by atoms with van der Waals surface area (Å²) in [5, 5.41) is 16.6. The van der Waals surface area contributed by atoms with Gasteiger partial charge in [-0.05, 0) is 42.2 Å². The zero-order chi connectivity index (χ0) is 21.3. The summed E-state index contributed by atoms with van der Waals surface area (Å²) in [5.74, 6) is 1.07. The second kappa shape index (κ2) is 8.91. The van der Waals surface area contributed by atoms with Crippen molar-refractivity contribution in [2.24, 2.45) is 13.0 Å². The maximum Gasteiger partial charge on any atom is 0.340 e. The topological polar surface area (TPSA) is 86.1 Å². The molecule has 7 nitrogen and oxygen atoms in total. The first-order chi connectivity index (χ1) is 14.5. The molecule has 0 radical (unpaired) electrons. The molecule has 30 heavy (non-hydrogen) atoms. The number of aromatic nitrogens is 3. The zero-order valence-electron chi connectivity index (χ0n) is 16.9. The molecule has 10 heteroatoms. The average Bonchev–Trinajstić information content (AvgIpc) is 3.44. The molecule has 0 aliphatic heterocycles. The number of anilines is 1. The molecular weight excluding hydrogens is 440 g/mol. The number of nitrogens with one attached hydrogen (secondary N) is 1. The van der Waals surface area contributed by atoms with E-state index in [1.165, 1.54) is 47.1 Å². The van der Waals surface area contributed by atoms with Crippen molar-refractivity contribution in [3.63, 3.8) is 0 Å². The van der Waals surface area contributed by atoms with Gasteiger partial charge < -0.3 is 14.6 Å². The van der Waals surface area contributed by atoms with E-state index in [9.17, 15) is 9.59 Å². The molecule has 4 rings (SSSR count). The molecule has 0 spiro atoms. The number of hydrogen-bond donors (Lipinski definition) is 1. The highest BCUT2D eigenvalue weighted by Gasteiger charge is 2.24. The van der Waals surface area contributed by atoms with E-state index in [4.69, 9.17) is 4.74 Å². The molecule has 0 bridgehead atoms. The Bertz CT molecular complexity index is 1090. The second-order valence-corrected chi connectivity index (χ2v) is 10.1. The lowest BCUT2D eigenvalue weighted by molar-refractivity contribution is -0.113. The van der Waals surface area contributed by atoms with Crippen molar-refractivity contribution in [1.29, 1.82) is 0 Å². The standard InChI is InChI=1S/C20H22N4O3S3/c1-11-4-5-12-14(9-29-15(12)8-11)17-22-23-20(24(17)2)30-10-16(25)21-18-13(6-7-28-18)19(26)27-3/h6-7,9,11H,4-5,8,10H2,1-3H3,(H,21,25).